The zero-order valence-electron chi connectivity index (χ0n) is 17.1. The molecule has 0 aliphatic rings. The molecule has 0 fully saturated rings. The molecule has 0 unspecified atom stereocenters. The lowest BCUT2D eigenvalue weighted by Crippen LogP contribution is -2.26. The lowest BCUT2D eigenvalue weighted by Gasteiger charge is -2.19. The first-order valence-electron chi connectivity index (χ1n) is 8.96. The molecule has 3 rings (SSSR count). The van der Waals surface area contributed by atoms with E-state index in [2.05, 4.69) is 29.0 Å². The summed E-state index contributed by atoms with van der Waals surface area (Å²) in [6.07, 6.45) is 2.14. The molecule has 0 saturated heterocycles. The lowest BCUT2D eigenvalue weighted by atomic mass is 10.1. The summed E-state index contributed by atoms with van der Waals surface area (Å²) in [5, 5.41) is 10.2. The van der Waals surface area contributed by atoms with Gasteiger partial charge >= 0.3 is 0 Å². The third kappa shape index (κ3) is 5.77. The highest BCUT2D eigenvalue weighted by Gasteiger charge is 2.10. The van der Waals surface area contributed by atoms with Crippen molar-refractivity contribution in [3.8, 4) is 11.4 Å². The Balaban J connectivity index is 0.000000687. The number of nitrogens with zero attached hydrogens (tertiary/aromatic N) is 4. The van der Waals surface area contributed by atoms with Gasteiger partial charge in [0.25, 0.3) is 0 Å². The minimum Gasteiger partial charge on any atom is -0.489 e. The molecule has 9 nitrogen and oxygen atoms in total. The Hall–Kier alpha value is -3.43. The van der Waals surface area contributed by atoms with E-state index >= 15 is 0 Å². The Kier molecular flexibility index (Phi) is 7.70. The van der Waals surface area contributed by atoms with Crippen molar-refractivity contribution in [2.75, 3.05) is 12.1 Å². The fraction of sp³-hybridized carbons (Fsp3) is 0.250. The van der Waals surface area contributed by atoms with Gasteiger partial charge in [-0.15, -0.1) is 0 Å². The van der Waals surface area contributed by atoms with Crippen LogP contribution >= 0.6 is 0 Å². The maximum Gasteiger partial charge on any atom is 0.221 e. The SMILES string of the molecule is Cc1cnn(-c2ccc(OCc3c(C)cccc3N(C)N)c(C)c2)n1.NNC=O. The van der Waals surface area contributed by atoms with E-state index < -0.39 is 0 Å². The molecule has 1 heterocycles. The summed E-state index contributed by atoms with van der Waals surface area (Å²) in [6.45, 7) is 6.46. The minimum absolute atomic E-state index is 0.403. The van der Waals surface area contributed by atoms with Crippen LogP contribution in [0, 0.1) is 20.8 Å². The van der Waals surface area contributed by atoms with Gasteiger partial charge in [-0.1, -0.05) is 12.1 Å². The third-order valence-corrected chi connectivity index (χ3v) is 4.20. The van der Waals surface area contributed by atoms with Gasteiger partial charge in [0.1, 0.15) is 12.4 Å². The number of rotatable bonds is 6. The second-order valence-corrected chi connectivity index (χ2v) is 6.48. The Morgan fingerprint density at radius 2 is 1.93 bits per heavy atom. The quantitative estimate of drug-likeness (QED) is 0.250. The van der Waals surface area contributed by atoms with E-state index in [9.17, 15) is 0 Å². The van der Waals surface area contributed by atoms with Crippen LogP contribution in [0.4, 0.5) is 5.69 Å². The van der Waals surface area contributed by atoms with Crippen LogP contribution in [0.25, 0.3) is 5.69 Å². The Morgan fingerprint density at radius 3 is 2.48 bits per heavy atom. The van der Waals surface area contributed by atoms with Gasteiger partial charge in [0.15, 0.2) is 0 Å². The zero-order chi connectivity index (χ0) is 21.4. The van der Waals surface area contributed by atoms with Gasteiger partial charge in [-0.05, 0) is 56.2 Å². The average Bonchev–Trinajstić information content (AvgIpc) is 3.14. The second kappa shape index (κ2) is 10.2. The summed E-state index contributed by atoms with van der Waals surface area (Å²) in [4.78, 5) is 10.6. The fourth-order valence-electron chi connectivity index (χ4n) is 2.74. The van der Waals surface area contributed by atoms with E-state index in [4.69, 9.17) is 15.4 Å². The standard InChI is InChI=1S/C19H23N5O.CH4N2O/c1-13-6-5-7-18(23(4)20)17(13)12-25-19-9-8-16(10-14(19)2)24-21-11-15(3)22-24;2-3-1-4/h5-11H,12,20H2,1-4H3;1H,2H2,(H,3,4). The number of hydrogen-bond acceptors (Lipinski definition) is 7. The number of nitrogens with one attached hydrogen (secondary N) is 1. The van der Waals surface area contributed by atoms with E-state index in [0.29, 0.717) is 13.0 Å². The first kappa shape index (κ1) is 21.9. The van der Waals surface area contributed by atoms with Crippen molar-refractivity contribution in [2.45, 2.75) is 27.4 Å². The number of benzene rings is 2. The summed E-state index contributed by atoms with van der Waals surface area (Å²) in [6, 6.07) is 12.0. The summed E-state index contributed by atoms with van der Waals surface area (Å²) in [7, 11) is 1.83. The smallest absolute Gasteiger partial charge is 0.221 e. The number of ether oxygens (including phenoxy) is 1. The molecule has 0 radical (unpaired) electrons. The first-order valence-corrected chi connectivity index (χ1v) is 8.96. The van der Waals surface area contributed by atoms with E-state index in [1.807, 2.05) is 51.2 Å². The van der Waals surface area contributed by atoms with Gasteiger partial charge in [0.05, 0.1) is 23.3 Å². The van der Waals surface area contributed by atoms with Gasteiger partial charge in [-0.25, -0.2) is 11.7 Å². The van der Waals surface area contributed by atoms with Gasteiger partial charge < -0.3 is 9.75 Å². The molecule has 1 amide bonds. The third-order valence-electron chi connectivity index (χ3n) is 4.20. The minimum atomic E-state index is 0.403. The number of hydrogen-bond donors (Lipinski definition) is 3. The molecule has 1 aromatic heterocycles. The lowest BCUT2D eigenvalue weighted by molar-refractivity contribution is -0.109. The predicted octanol–water partition coefficient (Wildman–Crippen LogP) is 1.69. The molecule has 2 aromatic carbocycles. The molecule has 0 aliphatic heterocycles. The highest BCUT2D eigenvalue weighted by Crippen LogP contribution is 2.26. The monoisotopic (exact) mass is 397 g/mol. The number of aryl methyl sites for hydroxylation is 3. The number of carbonyl (C=O) groups is 1. The molecule has 0 spiro atoms. The van der Waals surface area contributed by atoms with Crippen LogP contribution in [-0.4, -0.2) is 28.5 Å². The van der Waals surface area contributed by atoms with Crippen molar-refractivity contribution in [3.05, 3.63) is 65.0 Å². The molecular weight excluding hydrogens is 370 g/mol. The van der Waals surface area contributed by atoms with E-state index in [-0.39, 0.29) is 0 Å². The predicted molar refractivity (Wildman–Crippen MR) is 112 cm³/mol. The molecule has 0 aliphatic carbocycles. The Morgan fingerprint density at radius 1 is 1.21 bits per heavy atom. The molecular formula is C20H27N7O2. The zero-order valence-corrected chi connectivity index (χ0v) is 17.1. The molecule has 154 valence electrons. The van der Waals surface area contributed by atoms with Crippen LogP contribution in [0.3, 0.4) is 0 Å². The molecule has 0 bridgehead atoms. The van der Waals surface area contributed by atoms with Crippen molar-refractivity contribution in [1.29, 1.82) is 0 Å². The maximum atomic E-state index is 8.94. The number of anilines is 1. The molecule has 0 atom stereocenters. The number of amides is 1. The van der Waals surface area contributed by atoms with Crippen LogP contribution in [-0.2, 0) is 11.4 Å². The van der Waals surface area contributed by atoms with Crippen LogP contribution < -0.4 is 26.9 Å². The second-order valence-electron chi connectivity index (χ2n) is 6.48. The number of aromatic nitrogens is 3. The summed E-state index contributed by atoms with van der Waals surface area (Å²) < 4.78 is 6.06. The van der Waals surface area contributed by atoms with E-state index in [0.717, 1.165) is 39.5 Å². The molecule has 29 heavy (non-hydrogen) atoms. The molecule has 9 heteroatoms. The molecule has 3 aromatic rings. The summed E-state index contributed by atoms with van der Waals surface area (Å²) in [5.41, 5.74) is 7.78. The summed E-state index contributed by atoms with van der Waals surface area (Å²) >= 11 is 0. The number of nitrogens with two attached hydrogens (primary N) is 2. The van der Waals surface area contributed by atoms with Crippen molar-refractivity contribution in [1.82, 2.24) is 20.4 Å². The summed E-state index contributed by atoms with van der Waals surface area (Å²) in [5.74, 6) is 11.2. The fourth-order valence-corrected chi connectivity index (χ4v) is 2.74. The van der Waals surface area contributed by atoms with Crippen LogP contribution in [0.15, 0.2) is 42.6 Å². The van der Waals surface area contributed by atoms with Gasteiger partial charge in [0.2, 0.25) is 6.41 Å². The molecule has 5 N–H and O–H groups in total. The topological polar surface area (TPSA) is 124 Å². The van der Waals surface area contributed by atoms with E-state index in [1.54, 1.807) is 21.4 Å². The highest BCUT2D eigenvalue weighted by atomic mass is 16.5. The van der Waals surface area contributed by atoms with Crippen LogP contribution in [0.5, 0.6) is 5.75 Å². The normalized spacial score (nSPS) is 10.0. The van der Waals surface area contributed by atoms with Crippen molar-refractivity contribution < 1.29 is 9.53 Å². The van der Waals surface area contributed by atoms with Crippen molar-refractivity contribution in [3.63, 3.8) is 0 Å². The Labute approximate surface area is 170 Å². The van der Waals surface area contributed by atoms with Crippen LogP contribution in [0.1, 0.15) is 22.4 Å². The van der Waals surface area contributed by atoms with Gasteiger partial charge in [-0.3, -0.25) is 10.2 Å². The first-order chi connectivity index (χ1) is 13.9. The number of carbonyl (C=O) groups excluding carboxylic acids is 1. The van der Waals surface area contributed by atoms with Gasteiger partial charge in [-0.2, -0.15) is 15.0 Å². The average molecular weight is 397 g/mol. The number of hydrazine groups is 2. The Bertz CT molecular complexity index is 954. The van der Waals surface area contributed by atoms with E-state index in [1.165, 1.54) is 0 Å². The van der Waals surface area contributed by atoms with Crippen molar-refractivity contribution in [2.24, 2.45) is 11.7 Å². The van der Waals surface area contributed by atoms with Crippen molar-refractivity contribution >= 4 is 12.1 Å². The highest BCUT2D eigenvalue weighted by molar-refractivity contribution is 5.55. The van der Waals surface area contributed by atoms with Crippen LogP contribution in [0.2, 0.25) is 0 Å². The molecule has 0 saturated carbocycles. The largest absolute Gasteiger partial charge is 0.489 e. The van der Waals surface area contributed by atoms with Gasteiger partial charge in [0, 0.05) is 12.6 Å². The maximum absolute atomic E-state index is 8.94.